The Kier molecular flexibility index (Phi) is 8.27. The predicted molar refractivity (Wildman–Crippen MR) is 120 cm³/mol. The smallest absolute Gasteiger partial charge is 0.243 e. The fraction of sp³-hybridized carbons (Fsp3) is 0.455. The van der Waals surface area contributed by atoms with E-state index < -0.39 is 18.4 Å². The Morgan fingerprint density at radius 3 is 2.78 bits per heavy atom. The van der Waals surface area contributed by atoms with Crippen LogP contribution in [-0.2, 0) is 11.3 Å². The molecule has 32 heavy (non-hydrogen) atoms. The molecule has 4 N–H and O–H groups in total. The van der Waals surface area contributed by atoms with Crippen molar-refractivity contribution in [1.29, 1.82) is 0 Å². The van der Waals surface area contributed by atoms with E-state index in [9.17, 15) is 15.0 Å². The SMILES string of the molecule is CC(C)C[C@@H](C(=O)Nc1ccn(C[C@@H](O)CO)n1)N1CC(Oc2ccccc2Cl)=CC1O. The van der Waals surface area contributed by atoms with Crippen LogP contribution in [0.2, 0.25) is 5.02 Å². The molecule has 2 heterocycles. The number of ether oxygens (including phenoxy) is 1. The van der Waals surface area contributed by atoms with Crippen molar-refractivity contribution in [2.75, 3.05) is 18.5 Å². The molecule has 9 nitrogen and oxygen atoms in total. The Bertz CT molecular complexity index is 948. The lowest BCUT2D eigenvalue weighted by atomic mass is 10.0. The maximum Gasteiger partial charge on any atom is 0.243 e. The average Bonchev–Trinajstić information content (AvgIpc) is 3.33. The summed E-state index contributed by atoms with van der Waals surface area (Å²) in [4.78, 5) is 14.8. The van der Waals surface area contributed by atoms with Crippen molar-refractivity contribution in [3.8, 4) is 5.75 Å². The van der Waals surface area contributed by atoms with Crippen molar-refractivity contribution in [3.63, 3.8) is 0 Å². The number of hydrogen-bond acceptors (Lipinski definition) is 7. The summed E-state index contributed by atoms with van der Waals surface area (Å²) < 4.78 is 7.29. The minimum Gasteiger partial charge on any atom is -0.459 e. The van der Waals surface area contributed by atoms with Crippen LogP contribution in [0.3, 0.4) is 0 Å². The average molecular weight is 465 g/mol. The van der Waals surface area contributed by atoms with Crippen molar-refractivity contribution < 1.29 is 24.9 Å². The molecule has 2 aromatic rings. The number of nitrogens with one attached hydrogen (secondary N) is 1. The number of amides is 1. The van der Waals surface area contributed by atoms with Gasteiger partial charge in [-0.1, -0.05) is 37.6 Å². The number of aromatic nitrogens is 2. The number of hydrogen-bond donors (Lipinski definition) is 4. The molecular weight excluding hydrogens is 436 g/mol. The van der Waals surface area contributed by atoms with Crippen LogP contribution in [0.25, 0.3) is 0 Å². The van der Waals surface area contributed by atoms with Gasteiger partial charge in [-0.2, -0.15) is 5.10 Å². The van der Waals surface area contributed by atoms with E-state index in [1.165, 1.54) is 4.68 Å². The number of rotatable bonds is 10. The molecule has 174 valence electrons. The molecule has 0 bridgehead atoms. The predicted octanol–water partition coefficient (Wildman–Crippen LogP) is 1.84. The number of halogens is 1. The number of aliphatic hydroxyl groups excluding tert-OH is 3. The number of anilines is 1. The van der Waals surface area contributed by atoms with E-state index in [1.807, 2.05) is 13.8 Å². The summed E-state index contributed by atoms with van der Waals surface area (Å²) in [6.07, 6.45) is 1.76. The Balaban J connectivity index is 1.68. The molecule has 3 rings (SSSR count). The fourth-order valence-electron chi connectivity index (χ4n) is 3.47. The Morgan fingerprint density at radius 1 is 1.34 bits per heavy atom. The number of para-hydroxylation sites is 1. The van der Waals surface area contributed by atoms with Gasteiger partial charge in [-0.25, -0.2) is 0 Å². The zero-order valence-corrected chi connectivity index (χ0v) is 18.8. The van der Waals surface area contributed by atoms with Crippen LogP contribution < -0.4 is 10.1 Å². The maximum absolute atomic E-state index is 13.1. The summed E-state index contributed by atoms with van der Waals surface area (Å²) >= 11 is 6.16. The topological polar surface area (TPSA) is 120 Å². The summed E-state index contributed by atoms with van der Waals surface area (Å²) in [7, 11) is 0. The molecule has 0 spiro atoms. The van der Waals surface area contributed by atoms with Crippen LogP contribution in [0.5, 0.6) is 5.75 Å². The van der Waals surface area contributed by atoms with Crippen molar-refractivity contribution in [1.82, 2.24) is 14.7 Å². The molecule has 0 fully saturated rings. The van der Waals surface area contributed by atoms with Gasteiger partial charge in [0.05, 0.1) is 36.9 Å². The van der Waals surface area contributed by atoms with Crippen LogP contribution in [0.1, 0.15) is 20.3 Å². The minimum absolute atomic E-state index is 0.110. The molecule has 3 atom stereocenters. The maximum atomic E-state index is 13.1. The van der Waals surface area contributed by atoms with Gasteiger partial charge in [0, 0.05) is 12.3 Å². The van der Waals surface area contributed by atoms with E-state index in [1.54, 1.807) is 47.5 Å². The number of carbonyl (C=O) groups excluding carboxylic acids is 1. The molecule has 1 amide bonds. The second-order valence-corrected chi connectivity index (χ2v) is 8.55. The number of nitrogens with zero attached hydrogens (tertiary/aromatic N) is 3. The third-order valence-corrected chi connectivity index (χ3v) is 5.30. The summed E-state index contributed by atoms with van der Waals surface area (Å²) in [5.74, 6) is 1.20. The molecule has 0 saturated heterocycles. The highest BCUT2D eigenvalue weighted by Crippen LogP contribution is 2.29. The number of benzene rings is 1. The van der Waals surface area contributed by atoms with E-state index in [4.69, 9.17) is 21.4 Å². The second-order valence-electron chi connectivity index (χ2n) is 8.15. The largest absolute Gasteiger partial charge is 0.459 e. The van der Waals surface area contributed by atoms with Gasteiger partial charge >= 0.3 is 0 Å². The first kappa shape index (κ1) is 24.2. The van der Waals surface area contributed by atoms with Crippen LogP contribution >= 0.6 is 11.6 Å². The van der Waals surface area contributed by atoms with Gasteiger partial charge < -0.3 is 25.4 Å². The molecule has 0 saturated carbocycles. The third kappa shape index (κ3) is 6.30. The van der Waals surface area contributed by atoms with E-state index in [2.05, 4.69) is 10.4 Å². The van der Waals surface area contributed by atoms with Gasteiger partial charge in [0.15, 0.2) is 5.82 Å². The lowest BCUT2D eigenvalue weighted by Gasteiger charge is -2.30. The van der Waals surface area contributed by atoms with Crippen molar-refractivity contribution >= 4 is 23.3 Å². The monoisotopic (exact) mass is 464 g/mol. The van der Waals surface area contributed by atoms with Crippen LogP contribution in [-0.4, -0.2) is 67.4 Å². The third-order valence-electron chi connectivity index (χ3n) is 4.99. The normalized spacial score (nSPS) is 18.5. The highest BCUT2D eigenvalue weighted by atomic mass is 35.5. The lowest BCUT2D eigenvalue weighted by molar-refractivity contribution is -0.124. The highest BCUT2D eigenvalue weighted by molar-refractivity contribution is 6.32. The van der Waals surface area contributed by atoms with E-state index >= 15 is 0 Å². The van der Waals surface area contributed by atoms with Gasteiger partial charge in [-0.3, -0.25) is 14.4 Å². The van der Waals surface area contributed by atoms with Crippen LogP contribution in [0.15, 0.2) is 48.4 Å². The molecule has 1 unspecified atom stereocenters. The van der Waals surface area contributed by atoms with Crippen molar-refractivity contribution in [2.24, 2.45) is 5.92 Å². The number of carbonyl (C=O) groups is 1. The van der Waals surface area contributed by atoms with Gasteiger partial charge in [0.1, 0.15) is 17.7 Å². The Hall–Kier alpha value is -2.43. The molecule has 0 aliphatic carbocycles. The summed E-state index contributed by atoms with van der Waals surface area (Å²) in [5, 5.41) is 36.6. The van der Waals surface area contributed by atoms with Gasteiger partial charge in [-0.15, -0.1) is 0 Å². The van der Waals surface area contributed by atoms with E-state index in [0.29, 0.717) is 28.8 Å². The molecule has 1 aliphatic heterocycles. The van der Waals surface area contributed by atoms with Crippen molar-refractivity contribution in [3.05, 3.63) is 53.4 Å². The fourth-order valence-corrected chi connectivity index (χ4v) is 3.64. The molecule has 10 heteroatoms. The zero-order valence-electron chi connectivity index (χ0n) is 18.1. The summed E-state index contributed by atoms with van der Waals surface area (Å²) in [6.45, 7) is 3.98. The molecule has 1 aromatic carbocycles. The lowest BCUT2D eigenvalue weighted by Crippen LogP contribution is -2.48. The first-order valence-electron chi connectivity index (χ1n) is 10.5. The van der Waals surface area contributed by atoms with Gasteiger partial charge in [0.2, 0.25) is 5.91 Å². The summed E-state index contributed by atoms with van der Waals surface area (Å²) in [6, 6.07) is 8.04. The molecule has 1 aliphatic rings. The number of aliphatic hydroxyl groups is 3. The molecular formula is C22H29ClN4O5. The molecule has 0 radical (unpaired) electrons. The minimum atomic E-state index is -0.987. The summed E-state index contributed by atoms with van der Waals surface area (Å²) in [5.41, 5.74) is 0. The van der Waals surface area contributed by atoms with Crippen molar-refractivity contribution in [2.45, 2.75) is 45.2 Å². The Labute approximate surface area is 191 Å². The second kappa shape index (κ2) is 10.9. The van der Waals surface area contributed by atoms with E-state index in [0.717, 1.165) is 0 Å². The van der Waals surface area contributed by atoms with Crippen LogP contribution in [0, 0.1) is 5.92 Å². The quantitative estimate of drug-likeness (QED) is 0.423. The van der Waals surface area contributed by atoms with Gasteiger partial charge in [0.25, 0.3) is 0 Å². The van der Waals surface area contributed by atoms with Crippen LogP contribution in [0.4, 0.5) is 5.82 Å². The first-order chi connectivity index (χ1) is 15.3. The van der Waals surface area contributed by atoms with Gasteiger partial charge in [-0.05, 0) is 30.5 Å². The first-order valence-corrected chi connectivity index (χ1v) is 10.8. The zero-order chi connectivity index (χ0) is 23.3. The standard InChI is InChI=1S/C22H29ClN4O5/c1-14(2)9-18(22(31)24-20-7-8-26(25-20)11-15(29)13-28)27-12-16(10-21(27)30)32-19-6-4-3-5-17(19)23/h3-8,10,14-15,18,21,28-30H,9,11-13H2,1-2H3,(H,24,25,31)/t15-,18+,21?/m1/s1. The van der Waals surface area contributed by atoms with E-state index in [-0.39, 0.29) is 31.5 Å². The Morgan fingerprint density at radius 2 is 2.09 bits per heavy atom. The molecule has 1 aromatic heterocycles. The highest BCUT2D eigenvalue weighted by Gasteiger charge is 2.36.